The van der Waals surface area contributed by atoms with Gasteiger partial charge in [0.15, 0.2) is 5.13 Å². The second kappa shape index (κ2) is 4.93. The molecule has 3 nitrogen and oxygen atoms in total. The second-order valence-electron chi connectivity index (χ2n) is 4.29. The van der Waals surface area contributed by atoms with Gasteiger partial charge in [0.2, 0.25) is 0 Å². The van der Waals surface area contributed by atoms with Gasteiger partial charge in [-0.1, -0.05) is 17.4 Å². The number of hydrogen-bond acceptors (Lipinski definition) is 4. The van der Waals surface area contributed by atoms with Crippen LogP contribution in [0, 0.1) is 5.82 Å². The van der Waals surface area contributed by atoms with Crippen molar-refractivity contribution >= 4 is 26.7 Å². The average Bonchev–Trinajstić information content (AvgIpc) is 2.83. The van der Waals surface area contributed by atoms with E-state index in [1.165, 1.54) is 23.5 Å². The fourth-order valence-corrected chi connectivity index (χ4v) is 2.80. The summed E-state index contributed by atoms with van der Waals surface area (Å²) in [6.45, 7) is 0.684. The molecule has 0 unspecified atom stereocenters. The third-order valence-corrected chi connectivity index (χ3v) is 3.92. The number of rotatable bonds is 3. The summed E-state index contributed by atoms with van der Waals surface area (Å²) in [6, 6.07) is 10.5. The van der Waals surface area contributed by atoms with Gasteiger partial charge in [-0.05, 0) is 30.3 Å². The van der Waals surface area contributed by atoms with Crippen LogP contribution in [0.15, 0.2) is 42.6 Å². The molecule has 2 heterocycles. The van der Waals surface area contributed by atoms with Gasteiger partial charge in [0.1, 0.15) is 5.82 Å². The number of fused-ring (bicyclic) bond motifs is 1. The summed E-state index contributed by atoms with van der Waals surface area (Å²) >= 11 is 1.49. The Bertz CT molecular complexity index is 696. The topological polar surface area (TPSA) is 29.0 Å². The molecule has 0 bridgehead atoms. The molecule has 0 spiro atoms. The maximum absolute atomic E-state index is 13.1. The molecule has 0 amide bonds. The summed E-state index contributed by atoms with van der Waals surface area (Å²) < 4.78 is 14.0. The normalized spacial score (nSPS) is 10.8. The molecule has 0 aliphatic carbocycles. The SMILES string of the molecule is CN(Cc1ccccn1)c1nc2ccc(F)cc2s1. The Morgan fingerprint density at radius 2 is 2.16 bits per heavy atom. The van der Waals surface area contributed by atoms with E-state index in [9.17, 15) is 4.39 Å². The maximum atomic E-state index is 13.1. The smallest absolute Gasteiger partial charge is 0.186 e. The van der Waals surface area contributed by atoms with Crippen LogP contribution in [0.1, 0.15) is 5.69 Å². The van der Waals surface area contributed by atoms with Gasteiger partial charge in [-0.15, -0.1) is 0 Å². The first-order chi connectivity index (χ1) is 9.22. The van der Waals surface area contributed by atoms with E-state index in [0.717, 1.165) is 21.0 Å². The van der Waals surface area contributed by atoms with Gasteiger partial charge in [0, 0.05) is 13.2 Å². The van der Waals surface area contributed by atoms with Crippen LogP contribution in [0.25, 0.3) is 10.2 Å². The van der Waals surface area contributed by atoms with E-state index < -0.39 is 0 Å². The van der Waals surface area contributed by atoms with E-state index in [4.69, 9.17) is 0 Å². The quantitative estimate of drug-likeness (QED) is 0.731. The van der Waals surface area contributed by atoms with Crippen molar-refractivity contribution in [1.82, 2.24) is 9.97 Å². The molecular formula is C14H12FN3S. The Morgan fingerprint density at radius 3 is 2.95 bits per heavy atom. The lowest BCUT2D eigenvalue weighted by Crippen LogP contribution is -2.16. The second-order valence-corrected chi connectivity index (χ2v) is 5.29. The molecule has 0 aliphatic rings. The van der Waals surface area contributed by atoms with Gasteiger partial charge in [-0.3, -0.25) is 4.98 Å². The van der Waals surface area contributed by atoms with Crippen LogP contribution >= 0.6 is 11.3 Å². The highest BCUT2D eigenvalue weighted by Crippen LogP contribution is 2.29. The zero-order valence-electron chi connectivity index (χ0n) is 10.4. The van der Waals surface area contributed by atoms with Crippen LogP contribution < -0.4 is 4.90 Å². The third-order valence-electron chi connectivity index (χ3n) is 2.79. The molecule has 0 atom stereocenters. The number of halogens is 1. The predicted octanol–water partition coefficient (Wildman–Crippen LogP) is 3.47. The van der Waals surface area contributed by atoms with Gasteiger partial charge in [0.05, 0.1) is 22.5 Å². The Kier molecular flexibility index (Phi) is 3.13. The van der Waals surface area contributed by atoms with Gasteiger partial charge in [-0.2, -0.15) is 0 Å². The minimum atomic E-state index is -0.227. The van der Waals surface area contributed by atoms with Gasteiger partial charge < -0.3 is 4.90 Å². The Labute approximate surface area is 114 Å². The summed E-state index contributed by atoms with van der Waals surface area (Å²) in [5.41, 5.74) is 1.81. The van der Waals surface area contributed by atoms with E-state index >= 15 is 0 Å². The van der Waals surface area contributed by atoms with Crippen LogP contribution in [-0.2, 0) is 6.54 Å². The number of pyridine rings is 1. The summed E-state index contributed by atoms with van der Waals surface area (Å²) in [5, 5.41) is 0.867. The van der Waals surface area contributed by atoms with Crippen molar-refractivity contribution in [1.29, 1.82) is 0 Å². The molecule has 0 N–H and O–H groups in total. The summed E-state index contributed by atoms with van der Waals surface area (Å²) in [6.07, 6.45) is 1.77. The Hall–Kier alpha value is -2.01. The van der Waals surface area contributed by atoms with Gasteiger partial charge in [0.25, 0.3) is 0 Å². The lowest BCUT2D eigenvalue weighted by molar-refractivity contribution is 0.630. The molecule has 19 heavy (non-hydrogen) atoms. The predicted molar refractivity (Wildman–Crippen MR) is 75.9 cm³/mol. The monoisotopic (exact) mass is 273 g/mol. The highest BCUT2D eigenvalue weighted by atomic mass is 32.1. The number of benzene rings is 1. The first-order valence-electron chi connectivity index (χ1n) is 5.89. The van der Waals surface area contributed by atoms with Crippen LogP contribution in [0.4, 0.5) is 9.52 Å². The number of aromatic nitrogens is 2. The standard InChI is InChI=1S/C14H12FN3S/c1-18(9-11-4-2-3-7-16-11)14-17-12-6-5-10(15)8-13(12)19-14/h2-8H,9H2,1H3. The van der Waals surface area contributed by atoms with Crippen LogP contribution in [0.2, 0.25) is 0 Å². The number of anilines is 1. The fraction of sp³-hybridized carbons (Fsp3) is 0.143. The molecule has 0 saturated heterocycles. The molecule has 0 radical (unpaired) electrons. The molecular weight excluding hydrogens is 261 g/mol. The van der Waals surface area contributed by atoms with Crippen molar-refractivity contribution in [3.05, 3.63) is 54.1 Å². The maximum Gasteiger partial charge on any atom is 0.186 e. The first-order valence-corrected chi connectivity index (χ1v) is 6.71. The van der Waals surface area contributed by atoms with Crippen molar-refractivity contribution < 1.29 is 4.39 Å². The fourth-order valence-electron chi connectivity index (χ4n) is 1.85. The van der Waals surface area contributed by atoms with Crippen LogP contribution in [0.5, 0.6) is 0 Å². The zero-order chi connectivity index (χ0) is 13.2. The molecule has 2 aromatic heterocycles. The molecule has 96 valence electrons. The largest absolute Gasteiger partial charge is 0.345 e. The highest BCUT2D eigenvalue weighted by molar-refractivity contribution is 7.22. The van der Waals surface area contributed by atoms with Crippen molar-refractivity contribution in [2.24, 2.45) is 0 Å². The van der Waals surface area contributed by atoms with Crippen molar-refractivity contribution in [3.63, 3.8) is 0 Å². The lowest BCUT2D eigenvalue weighted by atomic mass is 10.3. The third kappa shape index (κ3) is 2.56. The molecule has 0 fully saturated rings. The average molecular weight is 273 g/mol. The molecule has 0 saturated carbocycles. The Balaban J connectivity index is 1.87. The van der Waals surface area contributed by atoms with Gasteiger partial charge in [-0.25, -0.2) is 9.37 Å². The Morgan fingerprint density at radius 1 is 1.26 bits per heavy atom. The van der Waals surface area contributed by atoms with Crippen LogP contribution in [-0.4, -0.2) is 17.0 Å². The molecule has 5 heteroatoms. The van der Waals surface area contributed by atoms with Crippen molar-refractivity contribution in [2.75, 3.05) is 11.9 Å². The van der Waals surface area contributed by atoms with Gasteiger partial charge >= 0.3 is 0 Å². The zero-order valence-corrected chi connectivity index (χ0v) is 11.2. The molecule has 1 aromatic carbocycles. The number of nitrogens with zero attached hydrogens (tertiary/aromatic N) is 3. The summed E-state index contributed by atoms with van der Waals surface area (Å²) in [7, 11) is 1.96. The van der Waals surface area contributed by atoms with E-state index in [0.29, 0.717) is 6.54 Å². The van der Waals surface area contributed by atoms with Crippen molar-refractivity contribution in [3.8, 4) is 0 Å². The van der Waals surface area contributed by atoms with Crippen molar-refractivity contribution in [2.45, 2.75) is 6.54 Å². The summed E-state index contributed by atoms with van der Waals surface area (Å²) in [4.78, 5) is 10.8. The van der Waals surface area contributed by atoms with Crippen LogP contribution in [0.3, 0.4) is 0 Å². The number of thiazole rings is 1. The van der Waals surface area contributed by atoms with E-state index in [1.54, 1.807) is 12.3 Å². The van der Waals surface area contributed by atoms with E-state index in [2.05, 4.69) is 9.97 Å². The molecule has 3 aromatic rings. The molecule has 3 rings (SSSR count). The summed E-state index contributed by atoms with van der Waals surface area (Å²) in [5.74, 6) is -0.227. The van der Waals surface area contributed by atoms with E-state index in [-0.39, 0.29) is 5.82 Å². The first kappa shape index (κ1) is 12.0. The highest BCUT2D eigenvalue weighted by Gasteiger charge is 2.09. The van der Waals surface area contributed by atoms with E-state index in [1.807, 2.05) is 30.1 Å². The minimum absolute atomic E-state index is 0.227. The minimum Gasteiger partial charge on any atom is -0.345 e. The molecule has 0 aliphatic heterocycles. The number of hydrogen-bond donors (Lipinski definition) is 0. The lowest BCUT2D eigenvalue weighted by Gasteiger charge is -2.14.